The molecule has 0 amide bonds. The predicted octanol–water partition coefficient (Wildman–Crippen LogP) is 1.52. The second-order valence-electron chi connectivity index (χ2n) is 6.45. The van der Waals surface area contributed by atoms with Crippen LogP contribution < -0.4 is 0 Å². The predicted molar refractivity (Wildman–Crippen MR) is 99.4 cm³/mol. The van der Waals surface area contributed by atoms with Crippen LogP contribution in [0.3, 0.4) is 0 Å². The first-order valence-electron chi connectivity index (χ1n) is 9.02. The van der Waals surface area contributed by atoms with Crippen molar-refractivity contribution in [3.05, 3.63) is 71.8 Å². The lowest BCUT2D eigenvalue weighted by Gasteiger charge is -2.42. The number of methoxy groups -OCH3 is 1. The molecule has 1 aliphatic heterocycles. The van der Waals surface area contributed by atoms with E-state index in [4.69, 9.17) is 18.9 Å². The molecule has 1 aliphatic rings. The van der Waals surface area contributed by atoms with Crippen molar-refractivity contribution in [3.63, 3.8) is 0 Å². The largest absolute Gasteiger partial charge is 0.450 e. The van der Waals surface area contributed by atoms with E-state index < -0.39 is 36.7 Å². The van der Waals surface area contributed by atoms with Gasteiger partial charge in [0.25, 0.3) is 0 Å². The average molecular weight is 388 g/mol. The summed E-state index contributed by atoms with van der Waals surface area (Å²) in [5.41, 5.74) is 1.24. The lowest BCUT2D eigenvalue weighted by molar-refractivity contribution is -0.301. The van der Waals surface area contributed by atoms with Gasteiger partial charge in [-0.25, -0.2) is 4.79 Å². The number of carbonyl (C=O) groups excluding carboxylic acids is 1. The van der Waals surface area contributed by atoms with Gasteiger partial charge in [-0.05, 0) is 17.7 Å². The number of aliphatic hydroxyl groups excluding tert-OH is 2. The van der Waals surface area contributed by atoms with Crippen LogP contribution >= 0.6 is 0 Å². The smallest absolute Gasteiger partial charge is 0.338 e. The highest BCUT2D eigenvalue weighted by atomic mass is 16.7. The summed E-state index contributed by atoms with van der Waals surface area (Å²) in [7, 11) is 1.38. The zero-order valence-corrected chi connectivity index (χ0v) is 15.5. The fourth-order valence-corrected chi connectivity index (χ4v) is 3.10. The molecule has 0 bridgehead atoms. The summed E-state index contributed by atoms with van der Waals surface area (Å²) in [6.07, 6.45) is -5.11. The average Bonchev–Trinajstić information content (AvgIpc) is 2.75. The third kappa shape index (κ3) is 4.76. The number of hydrogen-bond acceptors (Lipinski definition) is 7. The lowest BCUT2D eigenvalue weighted by atomic mass is 9.98. The Morgan fingerprint density at radius 1 is 1.04 bits per heavy atom. The van der Waals surface area contributed by atoms with Gasteiger partial charge in [-0.2, -0.15) is 0 Å². The molecular weight excluding hydrogens is 364 g/mol. The molecule has 7 nitrogen and oxygen atoms in total. The zero-order valence-electron chi connectivity index (χ0n) is 15.5. The molecule has 0 saturated carbocycles. The molecule has 0 spiro atoms. The van der Waals surface area contributed by atoms with Gasteiger partial charge in [0.05, 0.1) is 18.8 Å². The summed E-state index contributed by atoms with van der Waals surface area (Å²) in [6.45, 7) is -0.171. The molecule has 1 fully saturated rings. The Morgan fingerprint density at radius 3 is 2.29 bits per heavy atom. The van der Waals surface area contributed by atoms with Crippen molar-refractivity contribution in [1.29, 1.82) is 0 Å². The van der Waals surface area contributed by atoms with E-state index in [2.05, 4.69) is 0 Å². The Morgan fingerprint density at radius 2 is 1.68 bits per heavy atom. The summed E-state index contributed by atoms with van der Waals surface area (Å²) >= 11 is 0. The van der Waals surface area contributed by atoms with Gasteiger partial charge >= 0.3 is 5.97 Å². The second-order valence-corrected chi connectivity index (χ2v) is 6.45. The number of aliphatic hydroxyl groups is 2. The van der Waals surface area contributed by atoms with Gasteiger partial charge in [0, 0.05) is 7.11 Å². The van der Waals surface area contributed by atoms with Crippen LogP contribution in [0.1, 0.15) is 15.9 Å². The fourth-order valence-electron chi connectivity index (χ4n) is 3.10. The highest BCUT2D eigenvalue weighted by Crippen LogP contribution is 2.27. The minimum atomic E-state index is -1.24. The first-order valence-corrected chi connectivity index (χ1v) is 9.02. The van der Waals surface area contributed by atoms with Crippen LogP contribution in [0.5, 0.6) is 0 Å². The topological polar surface area (TPSA) is 94.5 Å². The van der Waals surface area contributed by atoms with E-state index in [-0.39, 0.29) is 13.2 Å². The van der Waals surface area contributed by atoms with E-state index in [1.807, 2.05) is 30.3 Å². The third-order valence-electron chi connectivity index (χ3n) is 4.57. The molecule has 2 aromatic rings. The van der Waals surface area contributed by atoms with E-state index in [0.717, 1.165) is 5.56 Å². The Labute approximate surface area is 163 Å². The molecular formula is C21H24O7. The normalized spacial score (nSPS) is 27.3. The van der Waals surface area contributed by atoms with Gasteiger partial charge in [0.15, 0.2) is 12.4 Å². The first kappa shape index (κ1) is 20.4. The highest BCUT2D eigenvalue weighted by Gasteiger charge is 2.48. The van der Waals surface area contributed by atoms with Crippen molar-refractivity contribution < 1.29 is 34.0 Å². The number of esters is 1. The van der Waals surface area contributed by atoms with Crippen LogP contribution in [-0.2, 0) is 25.6 Å². The molecule has 150 valence electrons. The maximum absolute atomic E-state index is 12.4. The molecule has 7 heteroatoms. The molecule has 3 rings (SSSR count). The van der Waals surface area contributed by atoms with E-state index >= 15 is 0 Å². The minimum absolute atomic E-state index is 0.208. The van der Waals surface area contributed by atoms with Crippen molar-refractivity contribution in [2.75, 3.05) is 13.7 Å². The van der Waals surface area contributed by atoms with Crippen molar-refractivity contribution in [1.82, 2.24) is 0 Å². The molecule has 1 saturated heterocycles. The third-order valence-corrected chi connectivity index (χ3v) is 4.57. The molecule has 1 heterocycles. The SMILES string of the molecule is CO[C@H]1O[C@H](CO)[C@@H](OCc2ccccc2)[C@H](O)[C@H]1OC(=O)c1ccccc1. The Kier molecular flexibility index (Phi) is 7.13. The van der Waals surface area contributed by atoms with E-state index in [1.54, 1.807) is 30.3 Å². The van der Waals surface area contributed by atoms with E-state index in [9.17, 15) is 15.0 Å². The number of hydrogen-bond donors (Lipinski definition) is 2. The van der Waals surface area contributed by atoms with E-state index in [1.165, 1.54) is 7.11 Å². The van der Waals surface area contributed by atoms with Gasteiger partial charge < -0.3 is 29.2 Å². The first-order chi connectivity index (χ1) is 13.6. The molecule has 5 atom stereocenters. The van der Waals surface area contributed by atoms with Crippen LogP contribution in [0.2, 0.25) is 0 Å². The zero-order chi connectivity index (χ0) is 19.9. The van der Waals surface area contributed by atoms with Crippen LogP contribution in [0.4, 0.5) is 0 Å². The Hall–Kier alpha value is -2.29. The maximum atomic E-state index is 12.4. The number of ether oxygens (including phenoxy) is 4. The standard InChI is InChI=1S/C21H24O7/c1-25-21-19(28-20(24)15-10-6-3-7-11-15)17(23)18(16(12-22)27-21)26-13-14-8-4-2-5-9-14/h2-11,16-19,21-23H,12-13H2,1H3/t16-,17+,18-,19-,21+/m1/s1. The van der Waals surface area contributed by atoms with Crippen molar-refractivity contribution in [2.45, 2.75) is 37.3 Å². The maximum Gasteiger partial charge on any atom is 0.338 e. The number of carbonyl (C=O) groups is 1. The van der Waals surface area contributed by atoms with Crippen LogP contribution in [0.15, 0.2) is 60.7 Å². The summed E-state index contributed by atoms with van der Waals surface area (Å²) in [4.78, 5) is 12.4. The van der Waals surface area contributed by atoms with Crippen molar-refractivity contribution in [3.8, 4) is 0 Å². The van der Waals surface area contributed by atoms with Gasteiger partial charge in [-0.15, -0.1) is 0 Å². The van der Waals surface area contributed by atoms with Gasteiger partial charge in [0.2, 0.25) is 0 Å². The van der Waals surface area contributed by atoms with Crippen molar-refractivity contribution in [2.24, 2.45) is 0 Å². The molecule has 28 heavy (non-hydrogen) atoms. The van der Waals surface area contributed by atoms with Crippen molar-refractivity contribution >= 4 is 5.97 Å². The molecule has 0 aromatic heterocycles. The minimum Gasteiger partial charge on any atom is -0.450 e. The highest BCUT2D eigenvalue weighted by molar-refractivity contribution is 5.89. The van der Waals surface area contributed by atoms with Crippen LogP contribution in [0.25, 0.3) is 0 Å². The number of benzene rings is 2. The second kappa shape index (κ2) is 9.77. The Bertz CT molecular complexity index is 737. The molecule has 0 unspecified atom stereocenters. The molecule has 2 aromatic carbocycles. The van der Waals surface area contributed by atoms with Gasteiger partial charge in [0.1, 0.15) is 18.3 Å². The lowest BCUT2D eigenvalue weighted by Crippen LogP contribution is -2.61. The summed E-state index contributed by atoms with van der Waals surface area (Å²) < 4.78 is 22.2. The Balaban J connectivity index is 1.73. The summed E-state index contributed by atoms with van der Waals surface area (Å²) in [5.74, 6) is -0.612. The van der Waals surface area contributed by atoms with Crippen LogP contribution in [-0.4, -0.2) is 60.6 Å². The van der Waals surface area contributed by atoms with E-state index in [0.29, 0.717) is 5.56 Å². The quantitative estimate of drug-likeness (QED) is 0.695. The van der Waals surface area contributed by atoms with Crippen LogP contribution in [0, 0.1) is 0 Å². The molecule has 0 aliphatic carbocycles. The fraction of sp³-hybridized carbons (Fsp3) is 0.381. The summed E-state index contributed by atoms with van der Waals surface area (Å²) in [6, 6.07) is 17.8. The summed E-state index contributed by atoms with van der Waals surface area (Å²) in [5, 5.41) is 20.5. The monoisotopic (exact) mass is 388 g/mol. The molecule has 0 radical (unpaired) electrons. The van der Waals surface area contributed by atoms with Gasteiger partial charge in [-0.1, -0.05) is 48.5 Å². The molecule has 2 N–H and O–H groups in total. The van der Waals surface area contributed by atoms with Gasteiger partial charge in [-0.3, -0.25) is 0 Å². The number of rotatable bonds is 7.